The molecule has 6 aromatic rings. The number of nitrogens with one attached hydrogen (secondary N) is 15. The Balaban J connectivity index is 1.12. The van der Waals surface area contributed by atoms with Crippen molar-refractivity contribution in [3.8, 4) is 5.75 Å². The van der Waals surface area contributed by atoms with Gasteiger partial charge in [0.15, 0.2) is 17.9 Å². The first-order chi connectivity index (χ1) is 64.4. The van der Waals surface area contributed by atoms with Crippen LogP contribution in [0.5, 0.6) is 5.75 Å². The number of amides is 16. The standard InChI is InChI=1S/C90H126N24O20S/c1-9-11-24-71-88(133)112(8)72(45-134-10-2)83(128)102-61(23-16-31-96-89(93)94)78(123)108-69(77(122)99-43-74(92)119)46-135-47-75(120)101-65(35-52-26-28-56(117)29-27-52)84(129)110(6)51(5)76(121)104-67(39-73(91)118)86(131)113-32-17-25-70(113)82(127)103-62(38-55-42-95-49-100-55)79(124)105-64(34-50(3)4)87(132)114-33-18-30-90(114,48-116)109-63(36-53-40-97-59-21-14-12-19-57(53)59)80(125)107-68(44-115)81(126)106-66(85(130)111(71)7)37-54-41-98-60-22-15-13-20-58(54)60/h12-15,19-22,26-29,40-42,48-51,61-72,97-98,109,115,117H,9-11,16-18,23-25,30-39,43-47H2,1-8H3,(H2,91,118)(H2,92,119)(H,95,100)(H,99,122)(H,101,120)(H,102,128)(H,103,127)(H,104,121)(H,105,124)(H,106,126)(H,107,125)(H,108,123)(H4,93,94,96)/t51-,61-,62-,63-,64-,65-,66-,67-,68-,69?,70-,71-,72-,90?/m0/s1. The van der Waals surface area contributed by atoms with Gasteiger partial charge >= 0.3 is 0 Å². The van der Waals surface area contributed by atoms with Gasteiger partial charge < -0.3 is 125 Å². The molecule has 2 unspecified atom stereocenters. The first kappa shape index (κ1) is 105. The number of nitrogens with zero attached hydrogens (tertiary/aromatic N) is 6. The topological polar surface area (TPSA) is 651 Å². The molecule has 732 valence electrons. The number of rotatable bonds is 27. The second-order valence-electron chi connectivity index (χ2n) is 34.4. The van der Waals surface area contributed by atoms with Crippen molar-refractivity contribution in [2.45, 2.75) is 215 Å². The fraction of sp³-hybridized carbons (Fsp3) is 0.522. The van der Waals surface area contributed by atoms with Crippen molar-refractivity contribution in [2.75, 3.05) is 78.6 Å². The van der Waals surface area contributed by atoms with Crippen LogP contribution in [0.1, 0.15) is 128 Å². The summed E-state index contributed by atoms with van der Waals surface area (Å²) in [7, 11) is 3.82. The third-order valence-electron chi connectivity index (χ3n) is 24.1. The lowest BCUT2D eigenvalue weighted by atomic mass is 9.98. The fourth-order valence-corrected chi connectivity index (χ4v) is 17.5. The van der Waals surface area contributed by atoms with Gasteiger partial charge in [-0.1, -0.05) is 82.1 Å². The maximum absolute atomic E-state index is 15.8. The number of thioether (sulfide) groups is 1. The number of ether oxygens (including phenoxy) is 1. The molecule has 14 atom stereocenters. The van der Waals surface area contributed by atoms with E-state index in [4.69, 9.17) is 27.3 Å². The number of carbonyl (C=O) groups is 17. The number of aromatic hydroxyl groups is 1. The maximum Gasteiger partial charge on any atom is 0.246 e. The molecule has 0 spiro atoms. The van der Waals surface area contributed by atoms with Gasteiger partial charge in [-0.05, 0) is 119 Å². The Kier molecular flexibility index (Phi) is 38.9. The number of aromatic nitrogens is 4. The van der Waals surface area contributed by atoms with Crippen LogP contribution < -0.4 is 75.7 Å². The number of phenolic OH excluding ortho intramolecular Hbond substituents is 1. The lowest BCUT2D eigenvalue weighted by molar-refractivity contribution is -0.150. The van der Waals surface area contributed by atoms with Gasteiger partial charge in [0.2, 0.25) is 94.5 Å². The highest BCUT2D eigenvalue weighted by molar-refractivity contribution is 8.00. The molecule has 0 aliphatic carbocycles. The molecule has 6 heterocycles. The van der Waals surface area contributed by atoms with E-state index >= 15 is 33.6 Å². The van der Waals surface area contributed by atoms with Crippen LogP contribution in [-0.2, 0) is 112 Å². The van der Waals surface area contributed by atoms with Gasteiger partial charge in [0.25, 0.3) is 0 Å². The highest BCUT2D eigenvalue weighted by atomic mass is 32.2. The molecule has 3 aromatic heterocycles. The van der Waals surface area contributed by atoms with E-state index in [9.17, 15) is 58.2 Å². The Morgan fingerprint density at radius 3 is 1.82 bits per heavy atom. The van der Waals surface area contributed by atoms with E-state index < -0.39 is 222 Å². The van der Waals surface area contributed by atoms with E-state index in [1.54, 1.807) is 81.7 Å². The van der Waals surface area contributed by atoms with Crippen molar-refractivity contribution in [3.05, 3.63) is 120 Å². The summed E-state index contributed by atoms with van der Waals surface area (Å²) in [6.45, 7) is 5.64. The molecular weight excluding hydrogens is 1770 g/mol. The number of para-hydroxylation sites is 2. The molecule has 9 rings (SSSR count). The molecule has 3 aromatic carbocycles. The monoisotopic (exact) mass is 1890 g/mol. The van der Waals surface area contributed by atoms with E-state index in [0.717, 1.165) is 31.4 Å². The smallest absolute Gasteiger partial charge is 0.246 e. The van der Waals surface area contributed by atoms with E-state index in [-0.39, 0.29) is 115 Å². The number of benzene rings is 3. The van der Waals surface area contributed by atoms with Crippen molar-refractivity contribution in [3.63, 3.8) is 0 Å². The third-order valence-corrected chi connectivity index (χ3v) is 25.1. The molecule has 3 aliphatic rings. The van der Waals surface area contributed by atoms with E-state index in [1.165, 1.54) is 69.8 Å². The Morgan fingerprint density at radius 1 is 0.615 bits per heavy atom. The lowest BCUT2D eigenvalue weighted by Gasteiger charge is -2.39. The molecular formula is C90H126N24O20S. The molecule has 0 saturated carbocycles. The van der Waals surface area contributed by atoms with Crippen LogP contribution in [-0.4, -0.2) is 324 Å². The number of aliphatic hydroxyl groups excluding tert-OH is 1. The number of guanidine groups is 1. The molecule has 3 saturated heterocycles. The minimum Gasteiger partial charge on any atom is -0.508 e. The highest BCUT2D eigenvalue weighted by Crippen LogP contribution is 2.31. The van der Waals surface area contributed by atoms with Crippen molar-refractivity contribution in [1.29, 1.82) is 5.41 Å². The van der Waals surface area contributed by atoms with Crippen molar-refractivity contribution < 1.29 is 96.5 Å². The zero-order valence-electron chi connectivity index (χ0n) is 76.9. The summed E-state index contributed by atoms with van der Waals surface area (Å²) in [5, 5.41) is 60.2. The largest absolute Gasteiger partial charge is 0.508 e. The number of hydrogen-bond acceptors (Lipinski definition) is 24. The first-order valence-corrected chi connectivity index (χ1v) is 46.2. The summed E-state index contributed by atoms with van der Waals surface area (Å²) < 4.78 is 5.84. The number of H-pyrrole nitrogens is 3. The molecule has 16 amide bonds. The first-order valence-electron chi connectivity index (χ1n) is 45.0. The van der Waals surface area contributed by atoms with Gasteiger partial charge in [0.05, 0.1) is 44.3 Å². The Bertz CT molecular complexity index is 5210. The second-order valence-corrected chi connectivity index (χ2v) is 35.4. The van der Waals surface area contributed by atoms with Gasteiger partial charge in [0.1, 0.15) is 78.3 Å². The lowest BCUT2D eigenvalue weighted by Crippen LogP contribution is -2.67. The van der Waals surface area contributed by atoms with Crippen LogP contribution in [0.3, 0.4) is 0 Å². The average Bonchev–Trinajstić information content (AvgIpc) is 1.64. The molecule has 0 radical (unpaired) electrons. The number of phenols is 1. The Labute approximate surface area is 784 Å². The zero-order valence-corrected chi connectivity index (χ0v) is 77.8. The molecule has 135 heavy (non-hydrogen) atoms. The number of fused-ring (bicyclic) bond motifs is 4. The summed E-state index contributed by atoms with van der Waals surface area (Å²) in [6, 6.07) is -0.802. The number of primary amides is 2. The van der Waals surface area contributed by atoms with Gasteiger partial charge in [-0.2, -0.15) is 0 Å². The average molecular weight is 1900 g/mol. The number of aromatic amines is 3. The predicted octanol–water partition coefficient (Wildman–Crippen LogP) is -3.05. The van der Waals surface area contributed by atoms with Gasteiger partial charge in [0, 0.05) is 118 Å². The van der Waals surface area contributed by atoms with Gasteiger partial charge in [-0.25, -0.2) is 4.98 Å². The van der Waals surface area contributed by atoms with Crippen molar-refractivity contribution in [2.24, 2.45) is 23.1 Å². The van der Waals surface area contributed by atoms with Crippen LogP contribution in [0.4, 0.5) is 0 Å². The normalized spacial score (nSPS) is 24.7. The van der Waals surface area contributed by atoms with Crippen LogP contribution >= 0.6 is 11.8 Å². The van der Waals surface area contributed by atoms with Gasteiger partial charge in [-0.15, -0.1) is 11.8 Å². The summed E-state index contributed by atoms with van der Waals surface area (Å²) in [4.78, 5) is 269. The number of hydrogen-bond donors (Lipinski definition) is 20. The summed E-state index contributed by atoms with van der Waals surface area (Å²) >= 11 is 0.750. The fourth-order valence-electron chi connectivity index (χ4n) is 16.7. The predicted molar refractivity (Wildman–Crippen MR) is 495 cm³/mol. The summed E-state index contributed by atoms with van der Waals surface area (Å²) in [6.07, 6.45) is 5.18. The van der Waals surface area contributed by atoms with Crippen LogP contribution in [0.25, 0.3) is 21.8 Å². The number of imidazole rings is 1. The second kappa shape index (κ2) is 50.0. The Hall–Kier alpha value is -13.6. The minimum absolute atomic E-state index is 0.00832. The number of aldehydes is 1. The number of nitrogens with two attached hydrogens (primary N) is 3. The van der Waals surface area contributed by atoms with Crippen molar-refractivity contribution >= 4 is 140 Å². The maximum atomic E-state index is 15.8. The Morgan fingerprint density at radius 2 is 1.21 bits per heavy atom. The van der Waals surface area contributed by atoms with Crippen molar-refractivity contribution in [1.82, 2.24) is 103 Å². The summed E-state index contributed by atoms with van der Waals surface area (Å²) in [5.41, 5.74) is 17.8. The summed E-state index contributed by atoms with van der Waals surface area (Å²) in [5.74, 6) is -17.2. The molecule has 3 aliphatic heterocycles. The number of aliphatic hydroxyl groups is 1. The zero-order chi connectivity index (χ0) is 98.5. The third kappa shape index (κ3) is 28.7. The minimum atomic E-state index is -2.05. The highest BCUT2D eigenvalue weighted by Gasteiger charge is 2.50. The number of unbranched alkanes of at least 4 members (excludes halogenated alkanes) is 1. The van der Waals surface area contributed by atoms with Crippen LogP contribution in [0, 0.1) is 11.3 Å². The quantitative estimate of drug-likeness (QED) is 0.0105. The van der Waals surface area contributed by atoms with Crippen LogP contribution in [0.15, 0.2) is 97.7 Å². The van der Waals surface area contributed by atoms with Gasteiger partial charge in [-0.3, -0.25) is 92.2 Å². The molecule has 0 bridgehead atoms. The molecule has 44 nitrogen and oxygen atoms in total. The van der Waals surface area contributed by atoms with Crippen LogP contribution in [0.2, 0.25) is 0 Å². The molecule has 3 fully saturated rings. The number of likely N-dealkylation sites (N-methyl/N-ethyl adjacent to an activating group) is 3. The SMILES string of the molecule is CCCC[C@H]1C(=O)N(C)[C@@H](COCC)C(=O)N[C@@H](CCCNC(=N)N)C(=O)NC(C(=O)NCC(N)=O)CSCC(=O)N[C@@H](Cc2ccc(O)cc2)C(=O)N(C)[C@@H](C)C(=O)N[C@@H](CC(N)=O)C(=O)N2CCC[C@H]2C(=O)N[C@@H](Cc2cnc[nH]2)C(=O)N[C@@H](CC(C)C)C(=O)N2CCCC2(C=O)N[C@@H](Cc2c[nH]c3ccccc23)C(=O)N[C@@H](CO)C(=O)N[C@@H](Cc2c[nH]c3ccccc23)C(=O)N1C. The number of carbonyl (C=O) groups excluding carboxylic acids is 17. The molecule has 23 N–H and O–H groups in total. The van der Waals surface area contributed by atoms with E-state index in [0.29, 0.717) is 63.3 Å². The molecule has 45 heteroatoms. The van der Waals surface area contributed by atoms with E-state index in [1.807, 2.05) is 6.92 Å². The van der Waals surface area contributed by atoms with E-state index in [2.05, 4.69) is 78.4 Å².